The standard InChI is InChI=1S/C9H9ClN2O/c1-2-7(5-11)13-8-3-4-9(10)12-6-8/h3-4,6-7H,2H2,1H3. The van der Waals surface area contributed by atoms with Crippen molar-refractivity contribution in [3.63, 3.8) is 0 Å². The summed E-state index contributed by atoms with van der Waals surface area (Å²) < 4.78 is 5.29. The van der Waals surface area contributed by atoms with Gasteiger partial charge < -0.3 is 4.74 Å². The number of hydrogen-bond donors (Lipinski definition) is 0. The molecule has 0 fully saturated rings. The van der Waals surface area contributed by atoms with Gasteiger partial charge in [-0.2, -0.15) is 5.26 Å². The number of pyridine rings is 1. The summed E-state index contributed by atoms with van der Waals surface area (Å²) in [5, 5.41) is 9.03. The molecule has 68 valence electrons. The van der Waals surface area contributed by atoms with E-state index in [2.05, 4.69) is 4.98 Å². The van der Waals surface area contributed by atoms with Gasteiger partial charge in [0, 0.05) is 0 Å². The lowest BCUT2D eigenvalue weighted by Crippen LogP contribution is -2.12. The van der Waals surface area contributed by atoms with Gasteiger partial charge in [0.05, 0.1) is 6.20 Å². The molecule has 0 saturated carbocycles. The molecule has 13 heavy (non-hydrogen) atoms. The Kier molecular flexibility index (Phi) is 3.53. The average Bonchev–Trinajstić information content (AvgIpc) is 2.17. The topological polar surface area (TPSA) is 45.9 Å². The Morgan fingerprint density at radius 1 is 1.69 bits per heavy atom. The first-order chi connectivity index (χ1) is 6.26. The van der Waals surface area contributed by atoms with Crippen molar-refractivity contribution in [3.05, 3.63) is 23.5 Å². The molecule has 0 spiro atoms. The van der Waals surface area contributed by atoms with Crippen LogP contribution in [0, 0.1) is 11.3 Å². The van der Waals surface area contributed by atoms with Crippen LogP contribution in [0.15, 0.2) is 18.3 Å². The van der Waals surface area contributed by atoms with Crippen LogP contribution < -0.4 is 4.74 Å². The number of ether oxygens (including phenoxy) is 1. The molecule has 1 atom stereocenters. The number of rotatable bonds is 3. The monoisotopic (exact) mass is 196 g/mol. The van der Waals surface area contributed by atoms with Gasteiger partial charge in [0.2, 0.25) is 0 Å². The summed E-state index contributed by atoms with van der Waals surface area (Å²) in [6.45, 7) is 1.89. The molecule has 0 amide bonds. The van der Waals surface area contributed by atoms with Crippen molar-refractivity contribution < 1.29 is 4.74 Å². The van der Waals surface area contributed by atoms with Crippen LogP contribution in [0.2, 0.25) is 5.15 Å². The zero-order valence-electron chi connectivity index (χ0n) is 7.20. The molecular weight excluding hydrogens is 188 g/mol. The van der Waals surface area contributed by atoms with Gasteiger partial charge in [-0.25, -0.2) is 4.98 Å². The number of aromatic nitrogens is 1. The normalized spacial score (nSPS) is 11.8. The van der Waals surface area contributed by atoms with Crippen molar-refractivity contribution in [2.75, 3.05) is 0 Å². The van der Waals surface area contributed by atoms with Crippen molar-refractivity contribution >= 4 is 11.6 Å². The molecule has 0 N–H and O–H groups in total. The molecule has 3 nitrogen and oxygen atoms in total. The molecule has 0 radical (unpaired) electrons. The van der Waals surface area contributed by atoms with E-state index in [1.807, 2.05) is 13.0 Å². The van der Waals surface area contributed by atoms with E-state index >= 15 is 0 Å². The van der Waals surface area contributed by atoms with Crippen LogP contribution in [0.5, 0.6) is 5.75 Å². The molecule has 1 aromatic heterocycles. The SMILES string of the molecule is CCC(C#N)Oc1ccc(Cl)nc1. The molecule has 0 saturated heterocycles. The summed E-state index contributed by atoms with van der Waals surface area (Å²) in [6.07, 6.45) is 1.74. The Morgan fingerprint density at radius 2 is 2.46 bits per heavy atom. The van der Waals surface area contributed by atoms with Crippen LogP contribution in [-0.4, -0.2) is 11.1 Å². The van der Waals surface area contributed by atoms with Crippen molar-refractivity contribution in [2.24, 2.45) is 0 Å². The van der Waals surface area contributed by atoms with Gasteiger partial charge >= 0.3 is 0 Å². The minimum Gasteiger partial charge on any atom is -0.474 e. The van der Waals surface area contributed by atoms with E-state index in [9.17, 15) is 0 Å². The maximum Gasteiger partial charge on any atom is 0.184 e. The van der Waals surface area contributed by atoms with Crippen LogP contribution >= 0.6 is 11.6 Å². The van der Waals surface area contributed by atoms with E-state index < -0.39 is 6.10 Å². The Hall–Kier alpha value is -1.27. The molecule has 0 aliphatic carbocycles. The first-order valence-corrected chi connectivity index (χ1v) is 4.32. The Balaban J connectivity index is 2.64. The summed E-state index contributed by atoms with van der Waals surface area (Å²) in [6, 6.07) is 5.35. The first kappa shape index (κ1) is 9.82. The van der Waals surface area contributed by atoms with E-state index in [1.54, 1.807) is 12.1 Å². The molecule has 0 aliphatic rings. The van der Waals surface area contributed by atoms with Gasteiger partial charge in [-0.15, -0.1) is 0 Å². The third-order valence-electron chi connectivity index (χ3n) is 1.49. The Morgan fingerprint density at radius 3 is 2.92 bits per heavy atom. The zero-order valence-corrected chi connectivity index (χ0v) is 7.95. The van der Waals surface area contributed by atoms with Crippen LogP contribution in [0.1, 0.15) is 13.3 Å². The lowest BCUT2D eigenvalue weighted by atomic mass is 10.3. The fraction of sp³-hybridized carbons (Fsp3) is 0.333. The number of halogens is 1. The largest absolute Gasteiger partial charge is 0.474 e. The molecule has 1 heterocycles. The van der Waals surface area contributed by atoms with Crippen molar-refractivity contribution in [1.82, 2.24) is 4.98 Å². The Labute approximate surface area is 81.9 Å². The summed E-state index contributed by atoms with van der Waals surface area (Å²) in [4.78, 5) is 3.83. The van der Waals surface area contributed by atoms with Gasteiger partial charge in [0.15, 0.2) is 6.10 Å². The highest BCUT2D eigenvalue weighted by molar-refractivity contribution is 6.29. The van der Waals surface area contributed by atoms with Crippen LogP contribution in [-0.2, 0) is 0 Å². The molecule has 4 heteroatoms. The van der Waals surface area contributed by atoms with Crippen LogP contribution in [0.4, 0.5) is 0 Å². The summed E-state index contributed by atoms with van der Waals surface area (Å²) in [7, 11) is 0. The van der Waals surface area contributed by atoms with Gasteiger partial charge in [0.25, 0.3) is 0 Å². The minimum atomic E-state index is -0.414. The number of nitrogens with zero attached hydrogens (tertiary/aromatic N) is 2. The van der Waals surface area contributed by atoms with Crippen LogP contribution in [0.25, 0.3) is 0 Å². The molecule has 1 aromatic rings. The van der Waals surface area contributed by atoms with E-state index in [0.29, 0.717) is 17.3 Å². The molecule has 0 bridgehead atoms. The lowest BCUT2D eigenvalue weighted by Gasteiger charge is -2.08. The van der Waals surface area contributed by atoms with Gasteiger partial charge in [-0.1, -0.05) is 18.5 Å². The van der Waals surface area contributed by atoms with E-state index in [-0.39, 0.29) is 0 Å². The third kappa shape index (κ3) is 2.92. The molecular formula is C9H9ClN2O. The summed E-state index contributed by atoms with van der Waals surface area (Å²) in [5.74, 6) is 0.567. The van der Waals surface area contributed by atoms with Gasteiger partial charge in [-0.3, -0.25) is 0 Å². The fourth-order valence-corrected chi connectivity index (χ4v) is 0.909. The molecule has 1 rings (SSSR count). The highest BCUT2D eigenvalue weighted by atomic mass is 35.5. The molecule has 1 unspecified atom stereocenters. The van der Waals surface area contributed by atoms with Crippen molar-refractivity contribution in [3.8, 4) is 11.8 Å². The zero-order chi connectivity index (χ0) is 9.68. The average molecular weight is 197 g/mol. The predicted octanol–water partition coefficient (Wildman–Crippen LogP) is 2.42. The van der Waals surface area contributed by atoms with Gasteiger partial charge in [-0.05, 0) is 18.6 Å². The molecule has 0 aromatic carbocycles. The lowest BCUT2D eigenvalue weighted by molar-refractivity contribution is 0.251. The highest BCUT2D eigenvalue weighted by Crippen LogP contribution is 2.14. The van der Waals surface area contributed by atoms with Crippen molar-refractivity contribution in [2.45, 2.75) is 19.4 Å². The highest BCUT2D eigenvalue weighted by Gasteiger charge is 2.05. The minimum absolute atomic E-state index is 0.414. The third-order valence-corrected chi connectivity index (χ3v) is 1.72. The van der Waals surface area contributed by atoms with Crippen molar-refractivity contribution in [1.29, 1.82) is 5.26 Å². The van der Waals surface area contributed by atoms with E-state index in [1.165, 1.54) is 6.20 Å². The number of hydrogen-bond acceptors (Lipinski definition) is 3. The summed E-state index contributed by atoms with van der Waals surface area (Å²) >= 11 is 5.58. The second-order valence-corrected chi connectivity index (χ2v) is 2.85. The fourth-order valence-electron chi connectivity index (χ4n) is 0.797. The second-order valence-electron chi connectivity index (χ2n) is 2.46. The molecule has 0 aliphatic heterocycles. The predicted molar refractivity (Wildman–Crippen MR) is 49.6 cm³/mol. The maximum absolute atomic E-state index is 8.62. The number of nitriles is 1. The van der Waals surface area contributed by atoms with E-state index in [0.717, 1.165) is 0 Å². The maximum atomic E-state index is 8.62. The first-order valence-electron chi connectivity index (χ1n) is 3.94. The van der Waals surface area contributed by atoms with Gasteiger partial charge in [0.1, 0.15) is 17.0 Å². The quantitative estimate of drug-likeness (QED) is 0.698. The second kappa shape index (κ2) is 4.68. The smallest absolute Gasteiger partial charge is 0.184 e. The van der Waals surface area contributed by atoms with Crippen LogP contribution in [0.3, 0.4) is 0 Å². The summed E-state index contributed by atoms with van der Waals surface area (Å²) in [5.41, 5.74) is 0. The van der Waals surface area contributed by atoms with E-state index in [4.69, 9.17) is 21.6 Å². The Bertz CT molecular complexity index is 304.